The summed E-state index contributed by atoms with van der Waals surface area (Å²) < 4.78 is 5.43. The lowest BCUT2D eigenvalue weighted by molar-refractivity contribution is 0.0922. The van der Waals surface area contributed by atoms with Crippen LogP contribution in [-0.4, -0.2) is 12.4 Å². The van der Waals surface area contributed by atoms with Gasteiger partial charge in [0.1, 0.15) is 5.75 Å². The Balaban J connectivity index is 2.02. The third-order valence-electron chi connectivity index (χ3n) is 2.62. The first-order chi connectivity index (χ1) is 8.66. The number of nitrogens with two attached hydrogens (primary N) is 1. The summed E-state index contributed by atoms with van der Waals surface area (Å²) in [4.78, 5) is 11.8. The van der Waals surface area contributed by atoms with Gasteiger partial charge >= 0.3 is 0 Å². The lowest BCUT2D eigenvalue weighted by atomic mass is 10.1. The predicted octanol–water partition coefficient (Wildman–Crippen LogP) is 2.84. The van der Waals surface area contributed by atoms with E-state index in [1.54, 1.807) is 18.2 Å². The maximum Gasteiger partial charge on any atom is 0.200 e. The fraction of sp³-hybridized carbons (Fsp3) is 0.133. The van der Waals surface area contributed by atoms with Crippen LogP contribution in [0, 0.1) is 6.92 Å². The molecule has 0 aliphatic heterocycles. The minimum absolute atomic E-state index is 0.00270. The molecular formula is C15H15NO2. The predicted molar refractivity (Wildman–Crippen MR) is 71.9 cm³/mol. The van der Waals surface area contributed by atoms with E-state index in [1.165, 1.54) is 0 Å². The van der Waals surface area contributed by atoms with Gasteiger partial charge in [-0.15, -0.1) is 0 Å². The van der Waals surface area contributed by atoms with Crippen LogP contribution >= 0.6 is 0 Å². The van der Waals surface area contributed by atoms with Crippen molar-refractivity contribution >= 4 is 11.5 Å². The largest absolute Gasteiger partial charge is 0.483 e. The van der Waals surface area contributed by atoms with E-state index in [9.17, 15) is 4.79 Å². The Kier molecular flexibility index (Phi) is 3.63. The number of hydrogen-bond acceptors (Lipinski definition) is 3. The molecule has 0 fully saturated rings. The molecule has 0 aliphatic carbocycles. The fourth-order valence-electron chi connectivity index (χ4n) is 1.65. The normalized spacial score (nSPS) is 10.1. The highest BCUT2D eigenvalue weighted by Crippen LogP contribution is 2.22. The Bertz CT molecular complexity index is 550. The summed E-state index contributed by atoms with van der Waals surface area (Å²) in [6.07, 6.45) is 0. The van der Waals surface area contributed by atoms with Crippen molar-refractivity contribution in [1.82, 2.24) is 0 Å². The molecule has 92 valence electrons. The molecule has 0 aromatic heterocycles. The molecule has 0 spiro atoms. The van der Waals surface area contributed by atoms with E-state index in [0.29, 0.717) is 17.0 Å². The molecule has 2 aromatic carbocycles. The molecule has 0 amide bonds. The highest BCUT2D eigenvalue weighted by molar-refractivity contribution is 5.97. The van der Waals surface area contributed by atoms with E-state index in [4.69, 9.17) is 10.5 Å². The van der Waals surface area contributed by atoms with Gasteiger partial charge in [-0.1, -0.05) is 36.4 Å². The van der Waals surface area contributed by atoms with Gasteiger partial charge in [0.25, 0.3) is 0 Å². The smallest absolute Gasteiger partial charge is 0.200 e. The van der Waals surface area contributed by atoms with Gasteiger partial charge in [0, 0.05) is 5.56 Å². The first kappa shape index (κ1) is 12.2. The Morgan fingerprint density at radius 3 is 2.56 bits per heavy atom. The van der Waals surface area contributed by atoms with Gasteiger partial charge in [0.15, 0.2) is 12.4 Å². The molecule has 3 nitrogen and oxygen atoms in total. The number of nitrogen functional groups attached to an aromatic ring is 1. The molecule has 2 N–H and O–H groups in total. The van der Waals surface area contributed by atoms with Gasteiger partial charge in [0.2, 0.25) is 0 Å². The average Bonchev–Trinajstić information content (AvgIpc) is 2.38. The van der Waals surface area contributed by atoms with Crippen molar-refractivity contribution in [3.63, 3.8) is 0 Å². The Morgan fingerprint density at radius 2 is 1.89 bits per heavy atom. The van der Waals surface area contributed by atoms with Crippen LogP contribution in [0.5, 0.6) is 5.75 Å². The quantitative estimate of drug-likeness (QED) is 0.661. The minimum Gasteiger partial charge on any atom is -0.483 e. The highest BCUT2D eigenvalue weighted by atomic mass is 16.5. The molecule has 0 bridgehead atoms. The third kappa shape index (κ3) is 2.88. The summed E-state index contributed by atoms with van der Waals surface area (Å²) in [6, 6.07) is 14.6. The molecule has 0 atom stereocenters. The number of carbonyl (C=O) groups excluding carboxylic acids is 1. The van der Waals surface area contributed by atoms with E-state index in [2.05, 4.69) is 0 Å². The van der Waals surface area contributed by atoms with Crippen LogP contribution in [0.1, 0.15) is 15.9 Å². The second-order valence-corrected chi connectivity index (χ2v) is 4.12. The first-order valence-electron chi connectivity index (χ1n) is 5.74. The molecule has 3 heteroatoms. The van der Waals surface area contributed by atoms with Crippen molar-refractivity contribution in [3.8, 4) is 5.75 Å². The van der Waals surface area contributed by atoms with E-state index in [1.807, 2.05) is 37.3 Å². The highest BCUT2D eigenvalue weighted by Gasteiger charge is 2.07. The number of ketones is 1. The van der Waals surface area contributed by atoms with Gasteiger partial charge in [-0.3, -0.25) is 4.79 Å². The number of carbonyl (C=O) groups is 1. The van der Waals surface area contributed by atoms with Crippen molar-refractivity contribution in [2.75, 3.05) is 12.3 Å². The number of benzene rings is 2. The van der Waals surface area contributed by atoms with Crippen molar-refractivity contribution < 1.29 is 9.53 Å². The first-order valence-corrected chi connectivity index (χ1v) is 5.74. The molecule has 0 aliphatic rings. The SMILES string of the molecule is Cc1ccc(OCC(=O)c2ccccc2)c(N)c1. The maximum atomic E-state index is 11.8. The van der Waals surface area contributed by atoms with Gasteiger partial charge in [-0.2, -0.15) is 0 Å². The standard InChI is InChI=1S/C15H15NO2/c1-11-7-8-15(13(16)9-11)18-10-14(17)12-5-3-2-4-6-12/h2-9H,10,16H2,1H3. The number of rotatable bonds is 4. The van der Waals surface area contributed by atoms with Gasteiger partial charge in [-0.05, 0) is 24.6 Å². The summed E-state index contributed by atoms with van der Waals surface area (Å²) in [5.41, 5.74) is 8.07. The third-order valence-corrected chi connectivity index (χ3v) is 2.62. The van der Waals surface area contributed by atoms with Gasteiger partial charge in [0.05, 0.1) is 5.69 Å². The lowest BCUT2D eigenvalue weighted by Crippen LogP contribution is -2.12. The zero-order valence-electron chi connectivity index (χ0n) is 10.2. The topological polar surface area (TPSA) is 52.3 Å². The van der Waals surface area contributed by atoms with Gasteiger partial charge < -0.3 is 10.5 Å². The summed E-state index contributed by atoms with van der Waals surface area (Å²) in [7, 11) is 0. The van der Waals surface area contributed by atoms with E-state index in [-0.39, 0.29) is 12.4 Å². The number of ether oxygens (including phenoxy) is 1. The zero-order chi connectivity index (χ0) is 13.0. The molecule has 2 rings (SSSR count). The van der Waals surface area contributed by atoms with Crippen LogP contribution in [0.2, 0.25) is 0 Å². The van der Waals surface area contributed by atoms with Gasteiger partial charge in [-0.25, -0.2) is 0 Å². The van der Waals surface area contributed by atoms with Crippen molar-refractivity contribution in [3.05, 3.63) is 59.7 Å². The fourth-order valence-corrected chi connectivity index (χ4v) is 1.65. The Morgan fingerprint density at radius 1 is 1.17 bits per heavy atom. The zero-order valence-corrected chi connectivity index (χ0v) is 10.2. The van der Waals surface area contributed by atoms with Crippen LogP contribution < -0.4 is 10.5 Å². The van der Waals surface area contributed by atoms with Crippen LogP contribution in [-0.2, 0) is 0 Å². The molecule has 0 heterocycles. The number of Topliss-reactive ketones (excluding diaryl/α,β-unsaturated/α-hetero) is 1. The maximum absolute atomic E-state index is 11.8. The second kappa shape index (κ2) is 5.36. The summed E-state index contributed by atoms with van der Waals surface area (Å²) in [5, 5.41) is 0. The number of anilines is 1. The summed E-state index contributed by atoms with van der Waals surface area (Å²) >= 11 is 0. The number of aryl methyl sites for hydroxylation is 1. The average molecular weight is 241 g/mol. The van der Waals surface area contributed by atoms with Crippen LogP contribution in [0.3, 0.4) is 0 Å². The van der Waals surface area contributed by atoms with E-state index in [0.717, 1.165) is 5.56 Å². The van der Waals surface area contributed by atoms with E-state index < -0.39 is 0 Å². The molecule has 0 saturated heterocycles. The molecule has 0 radical (unpaired) electrons. The molecule has 18 heavy (non-hydrogen) atoms. The summed E-state index contributed by atoms with van der Waals surface area (Å²) in [5.74, 6) is 0.487. The second-order valence-electron chi connectivity index (χ2n) is 4.12. The molecule has 2 aromatic rings. The van der Waals surface area contributed by atoms with Crippen molar-refractivity contribution in [2.24, 2.45) is 0 Å². The molecule has 0 saturated carbocycles. The van der Waals surface area contributed by atoms with Crippen LogP contribution in [0.25, 0.3) is 0 Å². The molecule has 0 unspecified atom stereocenters. The lowest BCUT2D eigenvalue weighted by Gasteiger charge is -2.08. The monoisotopic (exact) mass is 241 g/mol. The summed E-state index contributed by atoms with van der Waals surface area (Å²) in [6.45, 7) is 1.95. The Labute approximate surface area is 106 Å². The van der Waals surface area contributed by atoms with Crippen LogP contribution in [0.15, 0.2) is 48.5 Å². The molecular weight excluding hydrogens is 226 g/mol. The Hall–Kier alpha value is -2.29. The van der Waals surface area contributed by atoms with Crippen molar-refractivity contribution in [1.29, 1.82) is 0 Å². The van der Waals surface area contributed by atoms with E-state index >= 15 is 0 Å². The van der Waals surface area contributed by atoms with Crippen LogP contribution in [0.4, 0.5) is 5.69 Å². The van der Waals surface area contributed by atoms with Crippen molar-refractivity contribution in [2.45, 2.75) is 6.92 Å². The number of hydrogen-bond donors (Lipinski definition) is 1. The minimum atomic E-state index is -0.0597.